The lowest BCUT2D eigenvalue weighted by Crippen LogP contribution is -2.34. The van der Waals surface area contributed by atoms with Crippen LogP contribution in [0.15, 0.2) is 22.9 Å². The summed E-state index contributed by atoms with van der Waals surface area (Å²) in [7, 11) is 0. The van der Waals surface area contributed by atoms with Crippen LogP contribution < -0.4 is 5.32 Å². The number of hydrogen-bond donors (Lipinski definition) is 1. The Bertz CT molecular complexity index is 307. The summed E-state index contributed by atoms with van der Waals surface area (Å²) in [6.07, 6.45) is 8.16. The van der Waals surface area contributed by atoms with E-state index in [9.17, 15) is 0 Å². The number of nitrogens with one attached hydrogen (secondary N) is 1. The van der Waals surface area contributed by atoms with Gasteiger partial charge in [-0.2, -0.15) is 11.8 Å². The predicted octanol–water partition coefficient (Wildman–Crippen LogP) is 3.12. The van der Waals surface area contributed by atoms with Gasteiger partial charge in [-0.1, -0.05) is 6.92 Å². The van der Waals surface area contributed by atoms with E-state index in [-0.39, 0.29) is 0 Å². The van der Waals surface area contributed by atoms with Crippen LogP contribution in [-0.4, -0.2) is 29.6 Å². The van der Waals surface area contributed by atoms with Crippen molar-refractivity contribution in [1.82, 2.24) is 10.3 Å². The van der Waals surface area contributed by atoms with Gasteiger partial charge in [-0.3, -0.25) is 4.98 Å². The van der Waals surface area contributed by atoms with Gasteiger partial charge < -0.3 is 5.32 Å². The minimum Gasteiger partial charge on any atom is -0.313 e. The van der Waals surface area contributed by atoms with Gasteiger partial charge in [0.15, 0.2) is 0 Å². The van der Waals surface area contributed by atoms with Crippen LogP contribution in [0.3, 0.4) is 0 Å². The molecule has 0 aliphatic carbocycles. The summed E-state index contributed by atoms with van der Waals surface area (Å²) in [5.74, 6) is 1.15. The van der Waals surface area contributed by atoms with Crippen LogP contribution in [0, 0.1) is 0 Å². The van der Waals surface area contributed by atoms with Crippen LogP contribution in [0.4, 0.5) is 0 Å². The van der Waals surface area contributed by atoms with E-state index >= 15 is 0 Å². The molecule has 4 heteroatoms. The van der Waals surface area contributed by atoms with Crippen molar-refractivity contribution in [3.63, 3.8) is 0 Å². The molecule has 0 bridgehead atoms. The summed E-state index contributed by atoms with van der Waals surface area (Å²) in [5.41, 5.74) is 1.29. The lowest BCUT2D eigenvalue weighted by atomic mass is 10.1. The third-order valence-electron chi connectivity index (χ3n) is 2.29. The van der Waals surface area contributed by atoms with Crippen molar-refractivity contribution in [3.05, 3.63) is 28.5 Å². The van der Waals surface area contributed by atoms with Gasteiger partial charge in [0.2, 0.25) is 0 Å². The van der Waals surface area contributed by atoms with Crippen LogP contribution in [-0.2, 0) is 6.42 Å². The Morgan fingerprint density at radius 1 is 1.50 bits per heavy atom. The molecule has 0 aliphatic rings. The Morgan fingerprint density at radius 3 is 2.94 bits per heavy atom. The summed E-state index contributed by atoms with van der Waals surface area (Å²) in [4.78, 5) is 4.20. The van der Waals surface area contributed by atoms with Crippen molar-refractivity contribution in [2.45, 2.75) is 25.8 Å². The number of thioether (sulfide) groups is 1. The van der Waals surface area contributed by atoms with Crippen LogP contribution in [0.25, 0.3) is 0 Å². The largest absolute Gasteiger partial charge is 0.313 e. The molecular formula is C12H19BrN2S. The highest BCUT2D eigenvalue weighted by atomic mass is 79.9. The molecular weight excluding hydrogens is 284 g/mol. The normalized spacial score (nSPS) is 12.7. The maximum atomic E-state index is 4.20. The number of nitrogens with zero attached hydrogens (tertiary/aromatic N) is 1. The highest BCUT2D eigenvalue weighted by Crippen LogP contribution is 2.12. The van der Waals surface area contributed by atoms with E-state index in [0.29, 0.717) is 6.04 Å². The summed E-state index contributed by atoms with van der Waals surface area (Å²) in [6, 6.07) is 2.69. The van der Waals surface area contributed by atoms with E-state index < -0.39 is 0 Å². The molecule has 1 heterocycles. The van der Waals surface area contributed by atoms with Crippen molar-refractivity contribution in [3.8, 4) is 0 Å². The molecule has 1 aromatic rings. The Labute approximate surface area is 111 Å². The minimum atomic E-state index is 0.547. The lowest BCUT2D eigenvalue weighted by molar-refractivity contribution is 0.550. The number of pyridine rings is 1. The number of rotatable bonds is 7. The fourth-order valence-electron chi connectivity index (χ4n) is 1.59. The molecule has 0 aromatic carbocycles. The molecule has 0 radical (unpaired) electrons. The fourth-order valence-corrected chi connectivity index (χ4v) is 2.64. The average molecular weight is 303 g/mol. The third-order valence-corrected chi connectivity index (χ3v) is 3.46. The zero-order valence-corrected chi connectivity index (χ0v) is 12.3. The second-order valence-electron chi connectivity index (χ2n) is 3.82. The molecule has 0 spiro atoms. The Kier molecular flexibility index (Phi) is 7.08. The molecule has 1 aromatic heterocycles. The zero-order valence-electron chi connectivity index (χ0n) is 9.87. The lowest BCUT2D eigenvalue weighted by Gasteiger charge is -2.17. The first kappa shape index (κ1) is 14.0. The topological polar surface area (TPSA) is 24.9 Å². The molecule has 2 nitrogen and oxygen atoms in total. The first-order valence-corrected chi connectivity index (χ1v) is 7.76. The molecule has 0 fully saturated rings. The van der Waals surface area contributed by atoms with E-state index in [0.717, 1.165) is 23.2 Å². The van der Waals surface area contributed by atoms with Crippen LogP contribution in [0.5, 0.6) is 0 Å². The first-order valence-electron chi connectivity index (χ1n) is 5.58. The number of halogens is 1. The van der Waals surface area contributed by atoms with Gasteiger partial charge in [-0.15, -0.1) is 0 Å². The van der Waals surface area contributed by atoms with E-state index in [1.807, 2.05) is 24.2 Å². The standard InChI is InChI=1S/C12H19BrN2S/c1-3-4-15-12(9-16-2)6-10-5-11(13)8-14-7-10/h5,7-8,12,15H,3-4,6,9H2,1-2H3. The molecule has 0 aliphatic heterocycles. The van der Waals surface area contributed by atoms with Crippen molar-refractivity contribution >= 4 is 27.7 Å². The van der Waals surface area contributed by atoms with Crippen LogP contribution in [0.1, 0.15) is 18.9 Å². The predicted molar refractivity (Wildman–Crippen MR) is 76.1 cm³/mol. The highest BCUT2D eigenvalue weighted by Gasteiger charge is 2.08. The zero-order chi connectivity index (χ0) is 11.8. The van der Waals surface area contributed by atoms with Crippen molar-refractivity contribution in [2.75, 3.05) is 18.6 Å². The van der Waals surface area contributed by atoms with Gasteiger partial charge in [0.05, 0.1) is 0 Å². The fraction of sp³-hybridized carbons (Fsp3) is 0.583. The van der Waals surface area contributed by atoms with Gasteiger partial charge in [-0.25, -0.2) is 0 Å². The molecule has 0 saturated carbocycles. The Morgan fingerprint density at radius 2 is 2.31 bits per heavy atom. The first-order chi connectivity index (χ1) is 7.76. The van der Waals surface area contributed by atoms with Gasteiger partial charge >= 0.3 is 0 Å². The van der Waals surface area contributed by atoms with Crippen LogP contribution in [0.2, 0.25) is 0 Å². The second-order valence-corrected chi connectivity index (χ2v) is 5.65. The molecule has 90 valence electrons. The number of aromatic nitrogens is 1. The minimum absolute atomic E-state index is 0.547. The average Bonchev–Trinajstić information content (AvgIpc) is 2.26. The smallest absolute Gasteiger partial charge is 0.0410 e. The quantitative estimate of drug-likeness (QED) is 0.838. The molecule has 1 unspecified atom stereocenters. The van der Waals surface area contributed by atoms with Crippen molar-refractivity contribution < 1.29 is 0 Å². The Hall–Kier alpha value is -0.0600. The van der Waals surface area contributed by atoms with Gasteiger partial charge in [0, 0.05) is 28.7 Å². The van der Waals surface area contributed by atoms with Crippen molar-refractivity contribution in [2.24, 2.45) is 0 Å². The monoisotopic (exact) mass is 302 g/mol. The van der Waals surface area contributed by atoms with E-state index in [4.69, 9.17) is 0 Å². The van der Waals surface area contributed by atoms with Gasteiger partial charge in [0.1, 0.15) is 0 Å². The SMILES string of the molecule is CCCNC(CSC)Cc1cncc(Br)c1. The van der Waals surface area contributed by atoms with E-state index in [1.165, 1.54) is 12.0 Å². The molecule has 1 atom stereocenters. The number of hydrogen-bond acceptors (Lipinski definition) is 3. The second kappa shape index (κ2) is 8.09. The summed E-state index contributed by atoms with van der Waals surface area (Å²) in [5, 5.41) is 3.57. The molecule has 0 saturated heterocycles. The summed E-state index contributed by atoms with van der Waals surface area (Å²) in [6.45, 7) is 3.29. The van der Waals surface area contributed by atoms with Gasteiger partial charge in [-0.05, 0) is 53.2 Å². The highest BCUT2D eigenvalue weighted by molar-refractivity contribution is 9.10. The van der Waals surface area contributed by atoms with E-state index in [2.05, 4.69) is 45.5 Å². The third kappa shape index (κ3) is 5.32. The molecule has 0 amide bonds. The summed E-state index contributed by atoms with van der Waals surface area (Å²) >= 11 is 5.34. The Balaban J connectivity index is 2.52. The maximum absolute atomic E-state index is 4.20. The van der Waals surface area contributed by atoms with Crippen LogP contribution >= 0.6 is 27.7 Å². The molecule has 1 rings (SSSR count). The molecule has 16 heavy (non-hydrogen) atoms. The summed E-state index contributed by atoms with van der Waals surface area (Å²) < 4.78 is 1.06. The van der Waals surface area contributed by atoms with E-state index in [1.54, 1.807) is 0 Å². The van der Waals surface area contributed by atoms with Crippen molar-refractivity contribution in [1.29, 1.82) is 0 Å². The van der Waals surface area contributed by atoms with Gasteiger partial charge in [0.25, 0.3) is 0 Å². The maximum Gasteiger partial charge on any atom is 0.0410 e. The molecule has 1 N–H and O–H groups in total.